The van der Waals surface area contributed by atoms with Gasteiger partial charge >= 0.3 is 0 Å². The van der Waals surface area contributed by atoms with Gasteiger partial charge in [-0.1, -0.05) is 6.92 Å². The van der Waals surface area contributed by atoms with Gasteiger partial charge < -0.3 is 10.3 Å². The van der Waals surface area contributed by atoms with Gasteiger partial charge in [-0.25, -0.2) is 4.98 Å². The minimum atomic E-state index is 0.153. The summed E-state index contributed by atoms with van der Waals surface area (Å²) in [7, 11) is 0. The second-order valence-corrected chi connectivity index (χ2v) is 6.06. The van der Waals surface area contributed by atoms with Crippen LogP contribution in [0.15, 0.2) is 0 Å². The van der Waals surface area contributed by atoms with Gasteiger partial charge in [-0.15, -0.1) is 0 Å². The highest BCUT2D eigenvalue weighted by molar-refractivity contribution is 5.18. The van der Waals surface area contributed by atoms with Crippen molar-refractivity contribution in [3.05, 3.63) is 17.2 Å². The largest absolute Gasteiger partial charge is 0.345 e. The Balaban J connectivity index is 2.02. The summed E-state index contributed by atoms with van der Waals surface area (Å²) in [6.07, 6.45) is 3.59. The number of hydrogen-bond acceptors (Lipinski definition) is 2. The number of aromatic amines is 1. The summed E-state index contributed by atoms with van der Waals surface area (Å²) < 4.78 is 0. The van der Waals surface area contributed by atoms with Crippen LogP contribution in [-0.4, -0.2) is 15.5 Å². The van der Waals surface area contributed by atoms with Gasteiger partial charge in [0.05, 0.1) is 12.2 Å². The number of nitrogens with one attached hydrogen (secondary N) is 2. The van der Waals surface area contributed by atoms with E-state index in [9.17, 15) is 0 Å². The monoisotopic (exact) mass is 221 g/mol. The summed E-state index contributed by atoms with van der Waals surface area (Å²) in [4.78, 5) is 8.13. The third kappa shape index (κ3) is 2.85. The first-order valence-corrected chi connectivity index (χ1v) is 6.26. The van der Waals surface area contributed by atoms with E-state index in [2.05, 4.69) is 43.0 Å². The van der Waals surface area contributed by atoms with Crippen molar-refractivity contribution in [2.24, 2.45) is 5.92 Å². The Hall–Kier alpha value is -0.830. The molecule has 3 heteroatoms. The molecule has 3 nitrogen and oxygen atoms in total. The van der Waals surface area contributed by atoms with E-state index in [4.69, 9.17) is 0 Å². The average Bonchev–Trinajstić information content (AvgIpc) is 2.55. The number of H-pyrrole nitrogens is 1. The number of hydrogen-bond donors (Lipinski definition) is 2. The molecular formula is C13H23N3. The van der Waals surface area contributed by atoms with E-state index in [-0.39, 0.29) is 5.54 Å². The van der Waals surface area contributed by atoms with Crippen molar-refractivity contribution < 1.29 is 0 Å². The lowest BCUT2D eigenvalue weighted by atomic mass is 9.92. The van der Waals surface area contributed by atoms with Gasteiger partial charge in [-0.2, -0.15) is 0 Å². The van der Waals surface area contributed by atoms with E-state index in [1.807, 2.05) is 0 Å². The first kappa shape index (κ1) is 11.6. The van der Waals surface area contributed by atoms with Crippen molar-refractivity contribution in [1.82, 2.24) is 15.3 Å². The Kier molecular flexibility index (Phi) is 3.06. The van der Waals surface area contributed by atoms with Gasteiger partial charge in [0, 0.05) is 11.2 Å². The second-order valence-electron chi connectivity index (χ2n) is 6.06. The van der Waals surface area contributed by atoms with Gasteiger partial charge in [-0.3, -0.25) is 0 Å². The van der Waals surface area contributed by atoms with Crippen LogP contribution in [0, 0.1) is 5.92 Å². The number of rotatable bonds is 2. The zero-order chi connectivity index (χ0) is 11.8. The quantitative estimate of drug-likeness (QED) is 0.805. The van der Waals surface area contributed by atoms with Gasteiger partial charge in [-0.05, 0) is 46.0 Å². The van der Waals surface area contributed by atoms with Crippen molar-refractivity contribution in [2.45, 2.75) is 59.0 Å². The minimum Gasteiger partial charge on any atom is -0.345 e. The third-order valence-electron chi connectivity index (χ3n) is 3.13. The van der Waals surface area contributed by atoms with Gasteiger partial charge in [0.2, 0.25) is 0 Å². The highest BCUT2D eigenvalue weighted by Crippen LogP contribution is 2.23. The predicted molar refractivity (Wildman–Crippen MR) is 66.4 cm³/mol. The summed E-state index contributed by atoms with van der Waals surface area (Å²) in [6, 6.07) is 0. The molecule has 0 amide bonds. The standard InChI is InChI=1S/C13H23N3/c1-9-5-6-10-11(7-9)16-12(15-10)8-14-13(2,3)4/h9,14H,5-8H2,1-4H3,(H,15,16). The lowest BCUT2D eigenvalue weighted by molar-refractivity contribution is 0.418. The summed E-state index contributed by atoms with van der Waals surface area (Å²) in [5.41, 5.74) is 2.81. The van der Waals surface area contributed by atoms with Crippen LogP contribution < -0.4 is 5.32 Å². The molecule has 0 radical (unpaired) electrons. The highest BCUT2D eigenvalue weighted by atomic mass is 15.0. The smallest absolute Gasteiger partial charge is 0.120 e. The van der Waals surface area contributed by atoms with Crippen molar-refractivity contribution in [1.29, 1.82) is 0 Å². The van der Waals surface area contributed by atoms with Crippen LogP contribution >= 0.6 is 0 Å². The van der Waals surface area contributed by atoms with Crippen LogP contribution in [0.4, 0.5) is 0 Å². The maximum atomic E-state index is 4.67. The maximum Gasteiger partial charge on any atom is 0.120 e. The third-order valence-corrected chi connectivity index (χ3v) is 3.13. The van der Waals surface area contributed by atoms with Crippen molar-refractivity contribution in [2.75, 3.05) is 0 Å². The number of aromatic nitrogens is 2. The van der Waals surface area contributed by atoms with Crippen LogP contribution in [0.3, 0.4) is 0 Å². The summed E-state index contributed by atoms with van der Waals surface area (Å²) in [6.45, 7) is 9.69. The molecule has 2 rings (SSSR count). The summed E-state index contributed by atoms with van der Waals surface area (Å²) in [5, 5.41) is 3.46. The van der Waals surface area contributed by atoms with E-state index in [1.54, 1.807) is 0 Å². The van der Waals surface area contributed by atoms with Gasteiger partial charge in [0.1, 0.15) is 5.82 Å². The normalized spacial score (nSPS) is 20.9. The number of imidazole rings is 1. The molecule has 0 bridgehead atoms. The molecule has 1 aliphatic rings. The topological polar surface area (TPSA) is 40.7 Å². The van der Waals surface area contributed by atoms with Crippen LogP contribution in [0.2, 0.25) is 0 Å². The van der Waals surface area contributed by atoms with E-state index in [0.29, 0.717) is 0 Å². The van der Waals surface area contributed by atoms with Crippen LogP contribution in [0.1, 0.15) is 51.3 Å². The molecule has 0 saturated carbocycles. The molecule has 0 saturated heterocycles. The van der Waals surface area contributed by atoms with Gasteiger partial charge in [0.15, 0.2) is 0 Å². The van der Waals surface area contributed by atoms with E-state index < -0.39 is 0 Å². The first-order chi connectivity index (χ1) is 7.44. The fourth-order valence-electron chi connectivity index (χ4n) is 2.15. The number of fused-ring (bicyclic) bond motifs is 1. The molecule has 0 aromatic carbocycles. The first-order valence-electron chi connectivity index (χ1n) is 6.26. The molecule has 1 aromatic rings. The number of nitrogens with zero attached hydrogens (tertiary/aromatic N) is 1. The molecule has 1 aliphatic carbocycles. The van der Waals surface area contributed by atoms with Crippen LogP contribution in [0.5, 0.6) is 0 Å². The summed E-state index contributed by atoms with van der Waals surface area (Å²) in [5.74, 6) is 1.89. The maximum absolute atomic E-state index is 4.67. The van der Waals surface area contributed by atoms with E-state index in [0.717, 1.165) is 31.1 Å². The predicted octanol–water partition coefficient (Wildman–Crippen LogP) is 2.42. The van der Waals surface area contributed by atoms with Gasteiger partial charge in [0.25, 0.3) is 0 Å². The second kappa shape index (κ2) is 4.21. The fourth-order valence-corrected chi connectivity index (χ4v) is 2.15. The molecular weight excluding hydrogens is 198 g/mol. The van der Waals surface area contributed by atoms with Crippen LogP contribution in [-0.2, 0) is 19.4 Å². The Labute approximate surface area is 98.1 Å². The van der Waals surface area contributed by atoms with Crippen LogP contribution in [0.25, 0.3) is 0 Å². The lowest BCUT2D eigenvalue weighted by Crippen LogP contribution is -2.35. The Morgan fingerprint density at radius 1 is 1.44 bits per heavy atom. The Bertz CT molecular complexity index is 360. The zero-order valence-corrected chi connectivity index (χ0v) is 10.9. The van der Waals surface area contributed by atoms with Crippen molar-refractivity contribution in [3.8, 4) is 0 Å². The summed E-state index contributed by atoms with van der Waals surface area (Å²) >= 11 is 0. The molecule has 0 spiro atoms. The molecule has 0 aliphatic heterocycles. The average molecular weight is 221 g/mol. The molecule has 90 valence electrons. The highest BCUT2D eigenvalue weighted by Gasteiger charge is 2.19. The molecule has 1 unspecified atom stereocenters. The van der Waals surface area contributed by atoms with E-state index >= 15 is 0 Å². The molecule has 16 heavy (non-hydrogen) atoms. The van der Waals surface area contributed by atoms with Crippen molar-refractivity contribution >= 4 is 0 Å². The molecule has 1 atom stereocenters. The van der Waals surface area contributed by atoms with E-state index in [1.165, 1.54) is 17.8 Å². The minimum absolute atomic E-state index is 0.153. The zero-order valence-electron chi connectivity index (χ0n) is 10.9. The molecule has 2 N–H and O–H groups in total. The van der Waals surface area contributed by atoms with Crippen molar-refractivity contribution in [3.63, 3.8) is 0 Å². The Morgan fingerprint density at radius 2 is 2.19 bits per heavy atom. The Morgan fingerprint density at radius 3 is 2.88 bits per heavy atom. The number of aryl methyl sites for hydroxylation is 1. The lowest BCUT2D eigenvalue weighted by Gasteiger charge is -2.19. The fraction of sp³-hybridized carbons (Fsp3) is 0.769. The molecule has 1 aromatic heterocycles. The molecule has 1 heterocycles. The SMILES string of the molecule is CC1CCc2nc(CNC(C)(C)C)[nH]c2C1. The molecule has 0 fully saturated rings.